The van der Waals surface area contributed by atoms with Gasteiger partial charge in [0, 0.05) is 30.1 Å². The van der Waals surface area contributed by atoms with Crippen LogP contribution in [0.5, 0.6) is 0 Å². The molecule has 22 heavy (non-hydrogen) atoms. The Morgan fingerprint density at radius 3 is 2.55 bits per heavy atom. The van der Waals surface area contributed by atoms with Crippen LogP contribution in [0, 0.1) is 6.92 Å². The Labute approximate surface area is 136 Å². The molecule has 0 radical (unpaired) electrons. The number of nitrogens with zero attached hydrogens (tertiary/aromatic N) is 2. The maximum Gasteiger partial charge on any atom is 0.252 e. The number of likely N-dealkylation sites (tertiary alicyclic amines) is 1. The molecule has 3 rings (SSSR count). The third-order valence-corrected chi connectivity index (χ3v) is 8.20. The van der Waals surface area contributed by atoms with Crippen molar-refractivity contribution in [2.75, 3.05) is 26.2 Å². The molecule has 5 nitrogen and oxygen atoms in total. The van der Waals surface area contributed by atoms with Crippen LogP contribution in [-0.2, 0) is 10.0 Å². The molecule has 0 bridgehead atoms. The highest BCUT2D eigenvalue weighted by Gasteiger charge is 2.35. The van der Waals surface area contributed by atoms with Crippen LogP contribution >= 0.6 is 11.3 Å². The van der Waals surface area contributed by atoms with Gasteiger partial charge in [0.15, 0.2) is 0 Å². The lowest BCUT2D eigenvalue weighted by atomic mass is 10.0. The maximum atomic E-state index is 12.6. The summed E-state index contributed by atoms with van der Waals surface area (Å²) in [6.07, 6.45) is 3.92. The molecule has 1 atom stereocenters. The normalized spacial score (nSPS) is 25.8. The molecule has 0 spiro atoms. The number of hydrogen-bond acceptors (Lipinski definition) is 5. The van der Waals surface area contributed by atoms with E-state index < -0.39 is 10.0 Å². The summed E-state index contributed by atoms with van der Waals surface area (Å²) in [7, 11) is -3.32. The Bertz CT molecular complexity index is 606. The summed E-state index contributed by atoms with van der Waals surface area (Å²) in [5.41, 5.74) is 0. The third-order valence-electron chi connectivity index (χ3n) is 4.84. The minimum Gasteiger partial charge on any atom is -0.395 e. The molecule has 1 aromatic rings. The largest absolute Gasteiger partial charge is 0.395 e. The highest BCUT2D eigenvalue weighted by Crippen LogP contribution is 2.30. The second-order valence-corrected chi connectivity index (χ2v) is 9.67. The number of sulfonamides is 1. The molecule has 0 unspecified atom stereocenters. The Morgan fingerprint density at radius 1 is 1.23 bits per heavy atom. The van der Waals surface area contributed by atoms with Gasteiger partial charge in [-0.2, -0.15) is 4.31 Å². The molecule has 3 heterocycles. The van der Waals surface area contributed by atoms with Gasteiger partial charge >= 0.3 is 0 Å². The Balaban J connectivity index is 1.64. The van der Waals surface area contributed by atoms with Crippen molar-refractivity contribution in [3.63, 3.8) is 0 Å². The van der Waals surface area contributed by atoms with E-state index in [2.05, 4.69) is 4.90 Å². The van der Waals surface area contributed by atoms with Crippen molar-refractivity contribution in [3.05, 3.63) is 17.0 Å². The molecule has 0 amide bonds. The fraction of sp³-hybridized carbons (Fsp3) is 0.733. The minimum absolute atomic E-state index is 0.215. The van der Waals surface area contributed by atoms with Crippen LogP contribution in [0.25, 0.3) is 0 Å². The van der Waals surface area contributed by atoms with Gasteiger partial charge in [-0.3, -0.25) is 4.90 Å². The second-order valence-electron chi connectivity index (χ2n) is 6.22. The average Bonchev–Trinajstić information content (AvgIpc) is 3.16. The Kier molecular flexibility index (Phi) is 4.89. The van der Waals surface area contributed by atoms with E-state index in [1.165, 1.54) is 11.3 Å². The van der Waals surface area contributed by atoms with Gasteiger partial charge in [0.05, 0.1) is 6.61 Å². The van der Waals surface area contributed by atoms with Gasteiger partial charge < -0.3 is 5.11 Å². The van der Waals surface area contributed by atoms with Gasteiger partial charge in [-0.25, -0.2) is 8.42 Å². The van der Waals surface area contributed by atoms with Gasteiger partial charge in [0.1, 0.15) is 4.21 Å². The zero-order valence-electron chi connectivity index (χ0n) is 12.9. The molecular formula is C15H24N2O3S2. The molecule has 1 aromatic heterocycles. The van der Waals surface area contributed by atoms with Crippen LogP contribution in [-0.4, -0.2) is 61.1 Å². The van der Waals surface area contributed by atoms with Crippen LogP contribution in [0.2, 0.25) is 0 Å². The van der Waals surface area contributed by atoms with Crippen molar-refractivity contribution < 1.29 is 13.5 Å². The predicted molar refractivity (Wildman–Crippen MR) is 87.7 cm³/mol. The topological polar surface area (TPSA) is 60.9 Å². The molecule has 124 valence electrons. The Morgan fingerprint density at radius 2 is 1.95 bits per heavy atom. The first-order valence-electron chi connectivity index (χ1n) is 7.95. The van der Waals surface area contributed by atoms with Gasteiger partial charge in [-0.05, 0) is 51.3 Å². The first-order chi connectivity index (χ1) is 10.5. The van der Waals surface area contributed by atoms with E-state index in [1.54, 1.807) is 10.4 Å². The standard InChI is InChI=1S/C15H24N2O3S2/c1-12-4-5-15(21-12)22(19,20)16-9-6-13(7-10-16)17-8-2-3-14(17)11-18/h4-5,13-14,18H,2-3,6-11H2,1H3/t14-/m1/s1. The third kappa shape index (κ3) is 3.10. The number of piperidine rings is 1. The number of aryl methyl sites for hydroxylation is 1. The van der Waals surface area contributed by atoms with Crippen LogP contribution in [0.1, 0.15) is 30.6 Å². The van der Waals surface area contributed by atoms with Gasteiger partial charge in [0.2, 0.25) is 0 Å². The highest BCUT2D eigenvalue weighted by atomic mass is 32.2. The number of aliphatic hydroxyl groups excluding tert-OH is 1. The summed E-state index contributed by atoms with van der Waals surface area (Å²) in [6.45, 7) is 4.34. The van der Waals surface area contributed by atoms with E-state index in [0.29, 0.717) is 23.3 Å². The van der Waals surface area contributed by atoms with Crippen LogP contribution in [0.4, 0.5) is 0 Å². The second kappa shape index (κ2) is 6.57. The quantitative estimate of drug-likeness (QED) is 0.902. The van der Waals surface area contributed by atoms with Crippen LogP contribution in [0.3, 0.4) is 0 Å². The molecule has 2 aliphatic heterocycles. The maximum absolute atomic E-state index is 12.6. The predicted octanol–water partition coefficient (Wildman–Crippen LogP) is 1.67. The summed E-state index contributed by atoms with van der Waals surface area (Å²) in [4.78, 5) is 3.41. The van der Waals surface area contributed by atoms with Crippen LogP contribution < -0.4 is 0 Å². The monoisotopic (exact) mass is 344 g/mol. The molecule has 0 aliphatic carbocycles. The summed E-state index contributed by atoms with van der Waals surface area (Å²) >= 11 is 1.35. The minimum atomic E-state index is -3.32. The lowest BCUT2D eigenvalue weighted by molar-refractivity contribution is 0.0899. The zero-order valence-corrected chi connectivity index (χ0v) is 14.6. The number of hydrogen-bond donors (Lipinski definition) is 1. The highest BCUT2D eigenvalue weighted by molar-refractivity contribution is 7.91. The Hall–Kier alpha value is -0.470. The van der Waals surface area contributed by atoms with Crippen molar-refractivity contribution in [2.45, 2.75) is 48.9 Å². The van der Waals surface area contributed by atoms with E-state index in [4.69, 9.17) is 0 Å². The average molecular weight is 345 g/mol. The fourth-order valence-electron chi connectivity index (χ4n) is 3.63. The van der Waals surface area contributed by atoms with Crippen LogP contribution in [0.15, 0.2) is 16.3 Å². The fourth-order valence-corrected chi connectivity index (χ4v) is 6.53. The first-order valence-corrected chi connectivity index (χ1v) is 10.2. The number of rotatable bonds is 4. The molecule has 1 N–H and O–H groups in total. The zero-order chi connectivity index (χ0) is 15.7. The van der Waals surface area contributed by atoms with Crippen molar-refractivity contribution in [1.82, 2.24) is 9.21 Å². The van der Waals surface area contributed by atoms with Crippen molar-refractivity contribution >= 4 is 21.4 Å². The van der Waals surface area contributed by atoms with E-state index in [9.17, 15) is 13.5 Å². The summed E-state index contributed by atoms with van der Waals surface area (Å²) < 4.78 is 27.3. The lowest BCUT2D eigenvalue weighted by Crippen LogP contribution is -2.48. The summed E-state index contributed by atoms with van der Waals surface area (Å²) in [5.74, 6) is 0. The van der Waals surface area contributed by atoms with Crippen molar-refractivity contribution in [3.8, 4) is 0 Å². The molecule has 2 fully saturated rings. The van der Waals surface area contributed by atoms with Gasteiger partial charge in [0.25, 0.3) is 10.0 Å². The van der Waals surface area contributed by atoms with E-state index in [1.807, 2.05) is 13.0 Å². The van der Waals surface area contributed by atoms with Crippen molar-refractivity contribution in [2.24, 2.45) is 0 Å². The molecular weight excluding hydrogens is 320 g/mol. The molecule has 0 aromatic carbocycles. The molecule has 2 aliphatic rings. The summed E-state index contributed by atoms with van der Waals surface area (Å²) in [6, 6.07) is 4.26. The number of aliphatic hydroxyl groups is 1. The summed E-state index contributed by atoms with van der Waals surface area (Å²) in [5, 5.41) is 9.45. The molecule has 2 saturated heterocycles. The van der Waals surface area contributed by atoms with E-state index >= 15 is 0 Å². The number of thiophene rings is 1. The molecule has 7 heteroatoms. The SMILES string of the molecule is Cc1ccc(S(=O)(=O)N2CCC(N3CCC[C@@H]3CO)CC2)s1. The van der Waals surface area contributed by atoms with E-state index in [-0.39, 0.29) is 12.6 Å². The smallest absolute Gasteiger partial charge is 0.252 e. The van der Waals surface area contributed by atoms with Gasteiger partial charge in [-0.15, -0.1) is 11.3 Å². The van der Waals surface area contributed by atoms with E-state index in [0.717, 1.165) is 37.1 Å². The first kappa shape index (κ1) is 16.4. The lowest BCUT2D eigenvalue weighted by Gasteiger charge is -2.38. The molecule has 0 saturated carbocycles. The van der Waals surface area contributed by atoms with Crippen molar-refractivity contribution in [1.29, 1.82) is 0 Å². The van der Waals surface area contributed by atoms with Gasteiger partial charge in [-0.1, -0.05) is 0 Å².